The van der Waals surface area contributed by atoms with Crippen LogP contribution in [0.15, 0.2) is 89.5 Å². The summed E-state index contributed by atoms with van der Waals surface area (Å²) in [6, 6.07) is 23.8. The second-order valence-electron chi connectivity index (χ2n) is 10.2. The summed E-state index contributed by atoms with van der Waals surface area (Å²) in [6.07, 6.45) is 6.96. The van der Waals surface area contributed by atoms with Crippen LogP contribution >= 0.6 is 0 Å². The minimum atomic E-state index is -0.636. The van der Waals surface area contributed by atoms with E-state index < -0.39 is 12.1 Å². The third-order valence-electron chi connectivity index (χ3n) is 6.95. The Morgan fingerprint density at radius 3 is 2.44 bits per heavy atom. The Morgan fingerprint density at radius 2 is 1.74 bits per heavy atom. The molecular weight excluding hydrogens is 546 g/mol. The topological polar surface area (TPSA) is 125 Å². The van der Waals surface area contributed by atoms with Crippen LogP contribution in [0, 0.1) is 0 Å². The number of hydrazine groups is 1. The van der Waals surface area contributed by atoms with Gasteiger partial charge in [0.25, 0.3) is 5.91 Å². The summed E-state index contributed by atoms with van der Waals surface area (Å²) in [6.45, 7) is 1.83. The van der Waals surface area contributed by atoms with Crippen molar-refractivity contribution < 1.29 is 29.0 Å². The number of carbonyl (C=O) groups excluding carboxylic acids is 2. The molecule has 0 spiro atoms. The molecule has 0 saturated carbocycles. The van der Waals surface area contributed by atoms with Gasteiger partial charge in [-0.2, -0.15) is 0 Å². The lowest BCUT2D eigenvalue weighted by Gasteiger charge is -2.25. The molecule has 4 aromatic rings. The van der Waals surface area contributed by atoms with E-state index in [1.807, 2.05) is 42.5 Å². The monoisotopic (exact) mass is 585 g/mol. The fourth-order valence-electron chi connectivity index (χ4n) is 4.58. The van der Waals surface area contributed by atoms with Gasteiger partial charge < -0.3 is 19.4 Å². The number of aromatic nitrogens is 1. The number of pyridine rings is 1. The minimum Gasteiger partial charge on any atom is -0.457 e. The maximum Gasteiger partial charge on any atom is 0.374 e. The van der Waals surface area contributed by atoms with Crippen LogP contribution in [0.2, 0.25) is 0 Å². The number of ether oxygens (including phenoxy) is 1. The molecule has 0 saturated heterocycles. The van der Waals surface area contributed by atoms with Gasteiger partial charge in [-0.15, -0.1) is 0 Å². The van der Waals surface area contributed by atoms with Crippen molar-refractivity contribution in [2.45, 2.75) is 58.0 Å². The molecule has 2 aromatic carbocycles. The number of hydrogen-bond donors (Lipinski definition) is 3. The number of nitrogens with zero attached hydrogens (tertiary/aromatic N) is 2. The normalized spacial score (nSPS) is 11.6. The molecule has 0 bridgehead atoms. The quantitative estimate of drug-likeness (QED) is 0.0796. The Balaban J connectivity index is 1.39. The summed E-state index contributed by atoms with van der Waals surface area (Å²) in [5.74, 6) is -0.00503. The van der Waals surface area contributed by atoms with E-state index in [0.29, 0.717) is 35.5 Å². The number of aliphatic hydroxyl groups excluding tert-OH is 2. The molecule has 0 radical (unpaired) electrons. The van der Waals surface area contributed by atoms with Gasteiger partial charge in [0.05, 0.1) is 36.0 Å². The molecule has 0 aliphatic heterocycles. The van der Waals surface area contributed by atoms with Crippen molar-refractivity contribution in [1.82, 2.24) is 4.98 Å². The number of carbonyl (C=O) groups is 2. The Labute approximate surface area is 252 Å². The lowest BCUT2D eigenvalue weighted by atomic mass is 10.1. The van der Waals surface area contributed by atoms with Crippen LogP contribution in [-0.4, -0.2) is 40.3 Å². The Morgan fingerprint density at radius 1 is 0.953 bits per heavy atom. The van der Waals surface area contributed by atoms with E-state index in [1.165, 1.54) is 5.01 Å². The Kier molecular flexibility index (Phi) is 11.9. The molecule has 1 amide bonds. The van der Waals surface area contributed by atoms with Gasteiger partial charge in [-0.05, 0) is 73.4 Å². The van der Waals surface area contributed by atoms with Gasteiger partial charge in [-0.25, -0.2) is 9.80 Å². The predicted molar refractivity (Wildman–Crippen MR) is 165 cm³/mol. The van der Waals surface area contributed by atoms with Crippen LogP contribution in [0.3, 0.4) is 0 Å². The fraction of sp³-hybridized carbons (Fsp3) is 0.324. The van der Waals surface area contributed by atoms with Crippen molar-refractivity contribution in [1.29, 1.82) is 0 Å². The molecule has 9 nitrogen and oxygen atoms in total. The first-order valence-electron chi connectivity index (χ1n) is 14.7. The highest BCUT2D eigenvalue weighted by atomic mass is 16.6. The van der Waals surface area contributed by atoms with Crippen molar-refractivity contribution in [2.24, 2.45) is 0 Å². The molecule has 9 heteroatoms. The zero-order valence-electron chi connectivity index (χ0n) is 24.4. The summed E-state index contributed by atoms with van der Waals surface area (Å²) in [7, 11) is 0. The van der Waals surface area contributed by atoms with E-state index in [1.54, 1.807) is 42.6 Å². The molecule has 4 rings (SSSR count). The Bertz CT molecular complexity index is 1420. The van der Waals surface area contributed by atoms with E-state index in [-0.39, 0.29) is 24.9 Å². The van der Waals surface area contributed by atoms with E-state index in [9.17, 15) is 14.7 Å². The van der Waals surface area contributed by atoms with Crippen molar-refractivity contribution >= 4 is 23.3 Å². The third-order valence-corrected chi connectivity index (χ3v) is 6.95. The third kappa shape index (κ3) is 9.26. The standard InChI is InChI=1S/C34H39N3O6/c1-2-3-5-13-31(39)30-20-18-28(24-35-30)37(33(40)26-10-6-4-7-11-26)36-27-16-14-25(15-17-27)9-8-12-29-19-21-32(43-29)34(41)42-23-22-38/h4,6-7,10-11,14-21,24,31,36,38-39H,2-3,5,8-9,12-13,22-23H2,1H3. The molecule has 226 valence electrons. The highest BCUT2D eigenvalue weighted by Gasteiger charge is 2.20. The number of amides is 1. The smallest absolute Gasteiger partial charge is 0.374 e. The maximum absolute atomic E-state index is 13.5. The molecule has 43 heavy (non-hydrogen) atoms. The summed E-state index contributed by atoms with van der Waals surface area (Å²) < 4.78 is 10.4. The number of benzene rings is 2. The number of esters is 1. The summed E-state index contributed by atoms with van der Waals surface area (Å²) >= 11 is 0. The molecule has 0 fully saturated rings. The SMILES string of the molecule is CCCCCC(O)c1ccc(N(Nc2ccc(CCCc3ccc(C(=O)OCCO)o3)cc2)C(=O)c2ccccc2)cn1. The highest BCUT2D eigenvalue weighted by molar-refractivity contribution is 6.07. The zero-order chi connectivity index (χ0) is 30.4. The molecule has 2 aromatic heterocycles. The second kappa shape index (κ2) is 16.2. The zero-order valence-corrected chi connectivity index (χ0v) is 24.4. The summed E-state index contributed by atoms with van der Waals surface area (Å²) in [5.41, 5.74) is 6.74. The second-order valence-corrected chi connectivity index (χ2v) is 10.2. The highest BCUT2D eigenvalue weighted by Crippen LogP contribution is 2.24. The first-order valence-corrected chi connectivity index (χ1v) is 14.7. The van der Waals surface area contributed by atoms with E-state index in [4.69, 9.17) is 14.3 Å². The molecule has 1 unspecified atom stereocenters. The van der Waals surface area contributed by atoms with Gasteiger partial charge in [0.2, 0.25) is 5.76 Å². The van der Waals surface area contributed by atoms with Gasteiger partial charge in [0.15, 0.2) is 0 Å². The lowest BCUT2D eigenvalue weighted by molar-refractivity contribution is 0.0396. The van der Waals surface area contributed by atoms with Crippen LogP contribution in [0.25, 0.3) is 0 Å². The number of rotatable bonds is 16. The number of hydrogen-bond acceptors (Lipinski definition) is 8. The van der Waals surface area contributed by atoms with Crippen LogP contribution in [0.5, 0.6) is 0 Å². The predicted octanol–water partition coefficient (Wildman–Crippen LogP) is 6.29. The number of nitrogens with one attached hydrogen (secondary N) is 1. The van der Waals surface area contributed by atoms with Gasteiger partial charge in [0, 0.05) is 12.0 Å². The minimum absolute atomic E-state index is 0.0651. The molecular formula is C34H39N3O6. The first kappa shape index (κ1) is 31.5. The number of aliphatic hydroxyl groups is 2. The fourth-order valence-corrected chi connectivity index (χ4v) is 4.58. The van der Waals surface area contributed by atoms with Crippen molar-refractivity contribution in [3.8, 4) is 0 Å². The average molecular weight is 586 g/mol. The van der Waals surface area contributed by atoms with Gasteiger partial charge in [-0.3, -0.25) is 15.2 Å². The largest absolute Gasteiger partial charge is 0.457 e. The Hall–Kier alpha value is -4.47. The van der Waals surface area contributed by atoms with E-state index in [0.717, 1.165) is 43.4 Å². The molecule has 3 N–H and O–H groups in total. The van der Waals surface area contributed by atoms with Crippen LogP contribution in [0.1, 0.15) is 83.1 Å². The van der Waals surface area contributed by atoms with Crippen molar-refractivity contribution in [3.05, 3.63) is 113 Å². The molecule has 2 heterocycles. The molecule has 0 aliphatic carbocycles. The van der Waals surface area contributed by atoms with Crippen molar-refractivity contribution in [3.63, 3.8) is 0 Å². The number of anilines is 2. The van der Waals surface area contributed by atoms with Crippen molar-refractivity contribution in [2.75, 3.05) is 23.6 Å². The van der Waals surface area contributed by atoms with Gasteiger partial charge >= 0.3 is 5.97 Å². The summed E-state index contributed by atoms with van der Waals surface area (Å²) in [4.78, 5) is 29.8. The van der Waals surface area contributed by atoms with E-state index >= 15 is 0 Å². The number of unbranched alkanes of at least 4 members (excludes halogenated alkanes) is 2. The summed E-state index contributed by atoms with van der Waals surface area (Å²) in [5, 5.41) is 20.8. The maximum atomic E-state index is 13.5. The number of furan rings is 1. The first-order chi connectivity index (χ1) is 21.0. The lowest BCUT2D eigenvalue weighted by Crippen LogP contribution is -2.36. The van der Waals surface area contributed by atoms with Crippen LogP contribution in [-0.2, 0) is 17.6 Å². The average Bonchev–Trinajstić information content (AvgIpc) is 3.52. The number of aryl methyl sites for hydroxylation is 2. The van der Waals surface area contributed by atoms with E-state index in [2.05, 4.69) is 17.3 Å². The molecule has 0 aliphatic rings. The van der Waals surface area contributed by atoms with Gasteiger partial charge in [-0.1, -0.05) is 56.5 Å². The van der Waals surface area contributed by atoms with Gasteiger partial charge in [0.1, 0.15) is 12.4 Å². The van der Waals surface area contributed by atoms with Crippen LogP contribution < -0.4 is 10.4 Å². The molecule has 1 atom stereocenters. The van der Waals surface area contributed by atoms with Crippen LogP contribution in [0.4, 0.5) is 11.4 Å².